The molecule has 0 saturated heterocycles. The number of benzene rings is 2. The molecule has 2 aromatic carbocycles. The van der Waals surface area contributed by atoms with E-state index >= 15 is 0 Å². The molecule has 1 aromatic heterocycles. The molecule has 11 heteroatoms. The third kappa shape index (κ3) is 5.89. The molecule has 0 spiro atoms. The summed E-state index contributed by atoms with van der Waals surface area (Å²) in [7, 11) is 0. The minimum Gasteiger partial charge on any atom is -0.479 e. The van der Waals surface area contributed by atoms with Gasteiger partial charge in [-0.15, -0.1) is 0 Å². The van der Waals surface area contributed by atoms with Gasteiger partial charge in [-0.1, -0.05) is 59.6 Å². The van der Waals surface area contributed by atoms with Crippen molar-refractivity contribution in [1.29, 1.82) is 0 Å². The smallest absolute Gasteiger partial charge is 0.354 e. The molecule has 4 N–H and O–H groups in total. The lowest BCUT2D eigenvalue weighted by Gasteiger charge is -2.21. The molecule has 1 heterocycles. The van der Waals surface area contributed by atoms with Crippen molar-refractivity contribution in [3.63, 3.8) is 0 Å². The Morgan fingerprint density at radius 3 is 2.09 bits per heavy atom. The maximum absolute atomic E-state index is 12.8. The molecule has 3 rings (SSSR count). The van der Waals surface area contributed by atoms with Crippen LogP contribution in [0.25, 0.3) is 0 Å². The molecule has 3 aromatic rings. The Hall–Kier alpha value is -3.40. The first-order valence-electron chi connectivity index (χ1n) is 9.67. The fraction of sp³-hybridized carbons (Fsp3) is 0.182. The lowest BCUT2D eigenvalue weighted by molar-refractivity contribution is -0.148. The molecule has 0 fully saturated rings. The zero-order valence-electron chi connectivity index (χ0n) is 17.0. The maximum Gasteiger partial charge on any atom is 0.354 e. The van der Waals surface area contributed by atoms with Crippen LogP contribution in [0.2, 0.25) is 10.0 Å². The first-order valence-corrected chi connectivity index (χ1v) is 10.4. The highest BCUT2D eigenvalue weighted by molar-refractivity contribution is 6.31. The van der Waals surface area contributed by atoms with Crippen LogP contribution in [0.5, 0.6) is 0 Å². The van der Waals surface area contributed by atoms with E-state index in [0.717, 1.165) is 10.7 Å². The quantitative estimate of drug-likeness (QED) is 0.360. The van der Waals surface area contributed by atoms with E-state index in [9.17, 15) is 29.7 Å². The largest absolute Gasteiger partial charge is 0.479 e. The van der Waals surface area contributed by atoms with Gasteiger partial charge < -0.3 is 20.6 Å². The van der Waals surface area contributed by atoms with Gasteiger partial charge in [0, 0.05) is 16.1 Å². The van der Waals surface area contributed by atoms with Crippen LogP contribution in [0.15, 0.2) is 54.6 Å². The van der Waals surface area contributed by atoms with E-state index < -0.39 is 30.0 Å². The van der Waals surface area contributed by atoms with E-state index in [2.05, 4.69) is 10.4 Å². The number of nitrogens with zero attached hydrogens (tertiary/aromatic N) is 2. The van der Waals surface area contributed by atoms with Crippen LogP contribution in [0, 0.1) is 0 Å². The minimum atomic E-state index is -1.94. The molecule has 1 amide bonds. The summed E-state index contributed by atoms with van der Waals surface area (Å²) < 4.78 is 1.11. The Labute approximate surface area is 198 Å². The number of carbonyl (C=O) groups is 3. The lowest BCUT2D eigenvalue weighted by Crippen LogP contribution is -2.48. The van der Waals surface area contributed by atoms with Gasteiger partial charge in [0.05, 0.1) is 12.6 Å². The number of rotatable bonds is 9. The van der Waals surface area contributed by atoms with Gasteiger partial charge in [0.1, 0.15) is 5.69 Å². The van der Waals surface area contributed by atoms with E-state index in [1.807, 2.05) is 0 Å². The molecule has 0 saturated carbocycles. The molecule has 0 bridgehead atoms. The van der Waals surface area contributed by atoms with Gasteiger partial charge >= 0.3 is 11.9 Å². The van der Waals surface area contributed by atoms with Crippen LogP contribution in [0.3, 0.4) is 0 Å². The van der Waals surface area contributed by atoms with Crippen molar-refractivity contribution in [2.45, 2.75) is 25.1 Å². The summed E-state index contributed by atoms with van der Waals surface area (Å²) in [6, 6.07) is 13.2. The van der Waals surface area contributed by atoms with E-state index in [4.69, 9.17) is 23.2 Å². The van der Waals surface area contributed by atoms with Crippen molar-refractivity contribution < 1.29 is 29.7 Å². The second-order valence-electron chi connectivity index (χ2n) is 7.13. The summed E-state index contributed by atoms with van der Waals surface area (Å²) in [5.41, 5.74) is 0.581. The normalized spacial score (nSPS) is 12.7. The number of aliphatic hydroxyl groups excluding tert-OH is 1. The van der Waals surface area contributed by atoms with Crippen molar-refractivity contribution >= 4 is 41.0 Å². The van der Waals surface area contributed by atoms with Crippen LogP contribution in [0.1, 0.15) is 32.1 Å². The molecular formula is C22H19Cl2N3O6. The molecule has 172 valence electrons. The third-order valence-electron chi connectivity index (χ3n) is 4.86. The number of aliphatic carboxylic acids is 1. The van der Waals surface area contributed by atoms with Crippen LogP contribution < -0.4 is 5.32 Å². The van der Waals surface area contributed by atoms with Crippen LogP contribution in [-0.2, 0) is 17.8 Å². The maximum atomic E-state index is 12.8. The minimum absolute atomic E-state index is 0.00457. The summed E-state index contributed by atoms with van der Waals surface area (Å²) in [5.74, 6) is -3.71. The highest BCUT2D eigenvalue weighted by Crippen LogP contribution is 2.19. The highest BCUT2D eigenvalue weighted by atomic mass is 35.5. The molecule has 0 aliphatic rings. The highest BCUT2D eigenvalue weighted by Gasteiger charge is 2.30. The molecule has 9 nitrogen and oxygen atoms in total. The Morgan fingerprint density at radius 1 is 0.970 bits per heavy atom. The van der Waals surface area contributed by atoms with Gasteiger partial charge in [-0.2, -0.15) is 5.10 Å². The molecular weight excluding hydrogens is 473 g/mol. The number of aromatic carboxylic acids is 1. The van der Waals surface area contributed by atoms with E-state index in [-0.39, 0.29) is 24.4 Å². The number of carbonyl (C=O) groups excluding carboxylic acids is 1. The summed E-state index contributed by atoms with van der Waals surface area (Å²) in [6.45, 7) is -0.00457. The summed E-state index contributed by atoms with van der Waals surface area (Å²) in [6.07, 6.45) is -2.01. The monoisotopic (exact) mass is 491 g/mol. The number of amides is 1. The van der Waals surface area contributed by atoms with Gasteiger partial charge in [-0.05, 0) is 29.7 Å². The fourth-order valence-electron chi connectivity index (χ4n) is 3.17. The van der Waals surface area contributed by atoms with Crippen LogP contribution >= 0.6 is 23.2 Å². The first-order chi connectivity index (χ1) is 15.7. The van der Waals surface area contributed by atoms with Crippen LogP contribution in [-0.4, -0.2) is 55.1 Å². The van der Waals surface area contributed by atoms with Gasteiger partial charge in [-0.3, -0.25) is 9.48 Å². The fourth-order valence-corrected chi connectivity index (χ4v) is 3.57. The van der Waals surface area contributed by atoms with Gasteiger partial charge in [-0.25, -0.2) is 9.59 Å². The number of hydrogen-bond donors (Lipinski definition) is 4. The van der Waals surface area contributed by atoms with Gasteiger partial charge in [0.15, 0.2) is 11.8 Å². The Balaban J connectivity index is 1.87. The zero-order valence-corrected chi connectivity index (χ0v) is 18.5. The van der Waals surface area contributed by atoms with E-state index in [1.54, 1.807) is 48.5 Å². The van der Waals surface area contributed by atoms with Crippen molar-refractivity contribution in [3.05, 3.63) is 87.2 Å². The second-order valence-corrected chi connectivity index (χ2v) is 7.94. The molecule has 0 aliphatic heterocycles. The third-order valence-corrected chi connectivity index (χ3v) is 5.60. The number of nitrogens with one attached hydrogen (secondary N) is 1. The Bertz CT molecular complexity index is 1200. The molecule has 2 atom stereocenters. The lowest BCUT2D eigenvalue weighted by atomic mass is 10.0. The van der Waals surface area contributed by atoms with Crippen molar-refractivity contribution in [3.8, 4) is 0 Å². The summed E-state index contributed by atoms with van der Waals surface area (Å²) in [5, 5.41) is 36.1. The average Bonchev–Trinajstić information content (AvgIpc) is 3.20. The topological polar surface area (TPSA) is 142 Å². The summed E-state index contributed by atoms with van der Waals surface area (Å²) in [4.78, 5) is 35.9. The number of carboxylic acid groups (broad SMARTS) is 2. The van der Waals surface area contributed by atoms with Crippen molar-refractivity contribution in [2.75, 3.05) is 0 Å². The molecule has 0 unspecified atom stereocenters. The zero-order chi connectivity index (χ0) is 24.1. The molecule has 0 aliphatic carbocycles. The van der Waals surface area contributed by atoms with Gasteiger partial charge in [0.25, 0.3) is 5.91 Å². The summed E-state index contributed by atoms with van der Waals surface area (Å²) >= 11 is 12.3. The second kappa shape index (κ2) is 10.5. The van der Waals surface area contributed by atoms with Crippen molar-refractivity contribution in [2.24, 2.45) is 0 Å². The number of hydrogen-bond acceptors (Lipinski definition) is 5. The van der Waals surface area contributed by atoms with Crippen molar-refractivity contribution in [1.82, 2.24) is 15.1 Å². The SMILES string of the molecule is O=C(N[C@H](Cc1ccccc1Cl)[C@@H](O)C(=O)O)c1cc(C(=O)O)n(Cc2ccccc2Cl)n1. The molecule has 0 radical (unpaired) electrons. The predicted molar refractivity (Wildman–Crippen MR) is 120 cm³/mol. The Kier molecular flexibility index (Phi) is 7.70. The average molecular weight is 492 g/mol. The number of halogens is 2. The first kappa shape index (κ1) is 24.2. The van der Waals surface area contributed by atoms with E-state index in [1.165, 1.54) is 0 Å². The predicted octanol–water partition coefficient (Wildman–Crippen LogP) is 2.72. The van der Waals surface area contributed by atoms with E-state index in [0.29, 0.717) is 21.2 Å². The van der Waals surface area contributed by atoms with Gasteiger partial charge in [0.2, 0.25) is 0 Å². The number of aliphatic hydroxyl groups is 1. The Morgan fingerprint density at radius 2 is 1.55 bits per heavy atom. The number of aromatic nitrogens is 2. The standard InChI is InChI=1S/C22H19Cl2N3O6/c23-14-7-3-1-5-12(14)9-16(19(28)22(32)33)25-20(29)17-10-18(21(30)31)27(26-17)11-13-6-2-4-8-15(13)24/h1-8,10,16,19,28H,9,11H2,(H,25,29)(H,30,31)(H,32,33)/t16-,19-/m1/s1. The molecule has 33 heavy (non-hydrogen) atoms. The van der Waals surface area contributed by atoms with Crippen LogP contribution in [0.4, 0.5) is 0 Å². The number of carboxylic acids is 2.